The summed E-state index contributed by atoms with van der Waals surface area (Å²) in [7, 11) is 0. The number of fused-ring (bicyclic) bond motifs is 1. The number of hydrogen-bond donors (Lipinski definition) is 3. The quantitative estimate of drug-likeness (QED) is 0.673. The van der Waals surface area contributed by atoms with Crippen LogP contribution < -0.4 is 11.0 Å². The van der Waals surface area contributed by atoms with Crippen LogP contribution >= 0.6 is 0 Å². The maximum absolute atomic E-state index is 11.3. The van der Waals surface area contributed by atoms with Crippen LogP contribution in [0, 0.1) is 5.92 Å². The highest BCUT2D eigenvalue weighted by molar-refractivity contribution is 5.42. The molecule has 1 saturated carbocycles. The van der Waals surface area contributed by atoms with Crippen molar-refractivity contribution in [3.63, 3.8) is 0 Å². The lowest BCUT2D eigenvalue weighted by atomic mass is 9.82. The molecular formula is C10H13N5O2. The van der Waals surface area contributed by atoms with E-state index in [4.69, 9.17) is 5.11 Å². The van der Waals surface area contributed by atoms with Gasteiger partial charge in [-0.3, -0.25) is 0 Å². The van der Waals surface area contributed by atoms with Crippen LogP contribution in [0.3, 0.4) is 0 Å². The summed E-state index contributed by atoms with van der Waals surface area (Å²) >= 11 is 0. The summed E-state index contributed by atoms with van der Waals surface area (Å²) in [6, 6.07) is 3.51. The van der Waals surface area contributed by atoms with Gasteiger partial charge in [-0.1, -0.05) is 0 Å². The van der Waals surface area contributed by atoms with Gasteiger partial charge in [-0.25, -0.2) is 9.89 Å². The van der Waals surface area contributed by atoms with Crippen LogP contribution in [0.4, 0.5) is 5.82 Å². The highest BCUT2D eigenvalue weighted by Gasteiger charge is 2.26. The van der Waals surface area contributed by atoms with Crippen molar-refractivity contribution in [3.05, 3.63) is 22.6 Å². The first-order chi connectivity index (χ1) is 8.22. The number of nitrogens with zero attached hydrogens (tertiary/aromatic N) is 3. The molecular weight excluding hydrogens is 222 g/mol. The van der Waals surface area contributed by atoms with E-state index in [1.165, 1.54) is 4.52 Å². The second-order valence-corrected chi connectivity index (χ2v) is 4.39. The zero-order chi connectivity index (χ0) is 11.8. The number of H-pyrrole nitrogens is 1. The maximum atomic E-state index is 11.3. The van der Waals surface area contributed by atoms with Crippen LogP contribution in [0.25, 0.3) is 5.65 Å². The number of nitrogens with one attached hydrogen (secondary N) is 2. The van der Waals surface area contributed by atoms with Crippen molar-refractivity contribution in [1.29, 1.82) is 0 Å². The van der Waals surface area contributed by atoms with E-state index in [0.717, 1.165) is 19.4 Å². The number of anilines is 1. The van der Waals surface area contributed by atoms with E-state index in [2.05, 4.69) is 20.6 Å². The molecule has 0 unspecified atom stereocenters. The van der Waals surface area contributed by atoms with Crippen molar-refractivity contribution >= 4 is 11.5 Å². The number of aromatic nitrogens is 4. The Balaban J connectivity index is 1.72. The highest BCUT2D eigenvalue weighted by Crippen LogP contribution is 2.26. The lowest BCUT2D eigenvalue weighted by Gasteiger charge is -2.31. The molecule has 17 heavy (non-hydrogen) atoms. The monoisotopic (exact) mass is 235 g/mol. The Morgan fingerprint density at radius 1 is 1.53 bits per heavy atom. The molecule has 7 nitrogen and oxygen atoms in total. The summed E-state index contributed by atoms with van der Waals surface area (Å²) < 4.78 is 1.22. The van der Waals surface area contributed by atoms with E-state index < -0.39 is 0 Å². The summed E-state index contributed by atoms with van der Waals surface area (Å²) in [6.07, 6.45) is 1.52. The first-order valence-electron chi connectivity index (χ1n) is 5.59. The van der Waals surface area contributed by atoms with E-state index in [1.807, 2.05) is 0 Å². The largest absolute Gasteiger partial charge is 0.393 e. The van der Waals surface area contributed by atoms with Gasteiger partial charge in [0.1, 0.15) is 5.82 Å². The minimum Gasteiger partial charge on any atom is -0.393 e. The minimum absolute atomic E-state index is 0.145. The summed E-state index contributed by atoms with van der Waals surface area (Å²) in [5.41, 5.74) is 0.155. The summed E-state index contributed by atoms with van der Waals surface area (Å²) in [4.78, 5) is 11.3. The van der Waals surface area contributed by atoms with E-state index in [0.29, 0.717) is 17.4 Å². The van der Waals surface area contributed by atoms with Gasteiger partial charge in [0.15, 0.2) is 5.65 Å². The average molecular weight is 235 g/mol. The number of rotatable bonds is 3. The van der Waals surface area contributed by atoms with Gasteiger partial charge in [0.2, 0.25) is 0 Å². The van der Waals surface area contributed by atoms with Gasteiger partial charge < -0.3 is 10.4 Å². The fourth-order valence-corrected chi connectivity index (χ4v) is 2.01. The zero-order valence-electron chi connectivity index (χ0n) is 9.13. The molecule has 2 aromatic rings. The summed E-state index contributed by atoms with van der Waals surface area (Å²) in [5.74, 6) is 1.13. The molecule has 3 rings (SSSR count). The molecule has 90 valence electrons. The van der Waals surface area contributed by atoms with Crippen molar-refractivity contribution < 1.29 is 5.11 Å². The molecule has 1 fully saturated rings. The number of aliphatic hydroxyl groups excluding tert-OH is 1. The summed E-state index contributed by atoms with van der Waals surface area (Å²) in [6.45, 7) is 0.766. The molecule has 0 bridgehead atoms. The normalized spacial score (nSPS) is 23.6. The molecule has 2 heterocycles. The Bertz CT molecular complexity index is 584. The number of hydrogen-bond acceptors (Lipinski definition) is 5. The molecule has 0 radical (unpaired) electrons. The van der Waals surface area contributed by atoms with Crippen LogP contribution in [-0.4, -0.2) is 37.6 Å². The van der Waals surface area contributed by atoms with Crippen molar-refractivity contribution in [2.75, 3.05) is 11.9 Å². The Hall–Kier alpha value is -1.89. The fraction of sp³-hybridized carbons (Fsp3) is 0.500. The Kier molecular flexibility index (Phi) is 2.32. The molecule has 2 aromatic heterocycles. The number of aromatic amines is 1. The third-order valence-corrected chi connectivity index (χ3v) is 3.06. The molecule has 0 aliphatic heterocycles. The molecule has 1 aliphatic carbocycles. The third kappa shape index (κ3) is 1.89. The van der Waals surface area contributed by atoms with E-state index in [-0.39, 0.29) is 11.8 Å². The second-order valence-electron chi connectivity index (χ2n) is 4.39. The molecule has 0 spiro atoms. The molecule has 7 heteroatoms. The van der Waals surface area contributed by atoms with Crippen molar-refractivity contribution in [1.82, 2.24) is 19.8 Å². The lowest BCUT2D eigenvalue weighted by molar-refractivity contribution is 0.0486. The van der Waals surface area contributed by atoms with E-state index in [9.17, 15) is 4.79 Å². The van der Waals surface area contributed by atoms with Gasteiger partial charge in [0.05, 0.1) is 6.10 Å². The predicted octanol–water partition coefficient (Wildman–Crippen LogP) is -0.400. The smallest absolute Gasteiger partial charge is 0.364 e. The maximum Gasteiger partial charge on any atom is 0.364 e. The second kappa shape index (κ2) is 3.85. The highest BCUT2D eigenvalue weighted by atomic mass is 16.3. The van der Waals surface area contributed by atoms with Crippen molar-refractivity contribution in [2.24, 2.45) is 5.92 Å². The van der Waals surface area contributed by atoms with E-state index >= 15 is 0 Å². The molecule has 0 atom stereocenters. The van der Waals surface area contributed by atoms with Crippen molar-refractivity contribution in [2.45, 2.75) is 18.9 Å². The van der Waals surface area contributed by atoms with Gasteiger partial charge in [0, 0.05) is 6.54 Å². The topological polar surface area (TPSA) is 95.3 Å². The lowest BCUT2D eigenvalue weighted by Crippen LogP contribution is -2.33. The fourth-order valence-electron chi connectivity index (χ4n) is 2.01. The Morgan fingerprint density at radius 2 is 2.35 bits per heavy atom. The van der Waals surface area contributed by atoms with Crippen LogP contribution in [0.15, 0.2) is 16.9 Å². The van der Waals surface area contributed by atoms with Crippen LogP contribution in [0.5, 0.6) is 0 Å². The van der Waals surface area contributed by atoms with Crippen molar-refractivity contribution in [3.8, 4) is 0 Å². The van der Waals surface area contributed by atoms with Gasteiger partial charge in [-0.05, 0) is 30.9 Å². The zero-order valence-corrected chi connectivity index (χ0v) is 9.13. The average Bonchev–Trinajstić information content (AvgIpc) is 2.65. The first-order valence-corrected chi connectivity index (χ1v) is 5.59. The SMILES string of the molecule is O=c1[nH]nc2ccc(NCC3CC(O)C3)nn12. The standard InChI is InChI=1S/C10H13N5O2/c16-7-3-6(4-7)5-11-8-1-2-9-12-13-10(17)15(9)14-8/h1-2,6-7,16H,3-5H2,(H,11,14)(H,13,17). The molecule has 1 aliphatic rings. The van der Waals surface area contributed by atoms with Gasteiger partial charge in [-0.15, -0.1) is 5.10 Å². The Morgan fingerprint density at radius 3 is 3.12 bits per heavy atom. The molecule has 0 amide bonds. The van der Waals surface area contributed by atoms with Gasteiger partial charge >= 0.3 is 5.69 Å². The molecule has 3 N–H and O–H groups in total. The van der Waals surface area contributed by atoms with Gasteiger partial charge in [-0.2, -0.15) is 9.61 Å². The number of aliphatic hydroxyl groups is 1. The van der Waals surface area contributed by atoms with Crippen LogP contribution in [0.2, 0.25) is 0 Å². The third-order valence-electron chi connectivity index (χ3n) is 3.06. The Labute approximate surface area is 96.5 Å². The minimum atomic E-state index is -0.345. The van der Waals surface area contributed by atoms with Crippen LogP contribution in [0.1, 0.15) is 12.8 Å². The molecule has 0 aromatic carbocycles. The first kappa shape index (κ1) is 10.3. The van der Waals surface area contributed by atoms with E-state index in [1.54, 1.807) is 12.1 Å². The molecule has 0 saturated heterocycles. The predicted molar refractivity (Wildman–Crippen MR) is 60.8 cm³/mol. The summed E-state index contributed by atoms with van der Waals surface area (Å²) in [5, 5.41) is 22.6. The van der Waals surface area contributed by atoms with Crippen LogP contribution in [-0.2, 0) is 0 Å². The van der Waals surface area contributed by atoms with Gasteiger partial charge in [0.25, 0.3) is 0 Å².